The molecule has 0 amide bonds. The van der Waals surface area contributed by atoms with E-state index >= 15 is 0 Å². The summed E-state index contributed by atoms with van der Waals surface area (Å²) in [4.78, 5) is 24.7. The highest BCUT2D eigenvalue weighted by molar-refractivity contribution is 7.13. The van der Waals surface area contributed by atoms with E-state index in [4.69, 9.17) is 4.74 Å². The minimum Gasteiger partial charge on any atom is -0.371 e. The predicted molar refractivity (Wildman–Crippen MR) is 120 cm³/mol. The maximum absolute atomic E-state index is 12.4. The van der Waals surface area contributed by atoms with E-state index in [9.17, 15) is 9.59 Å². The second kappa shape index (κ2) is 8.53. The van der Waals surface area contributed by atoms with Gasteiger partial charge in [-0.3, -0.25) is 4.79 Å². The average Bonchev–Trinajstić information content (AvgIpc) is 3.14. The third-order valence-corrected chi connectivity index (χ3v) is 6.53. The third kappa shape index (κ3) is 4.08. The molecule has 1 aliphatic carbocycles. The topological polar surface area (TPSA) is 66.1 Å². The van der Waals surface area contributed by atoms with Crippen LogP contribution in [0.5, 0.6) is 0 Å². The lowest BCUT2D eigenvalue weighted by Crippen LogP contribution is -2.36. The summed E-state index contributed by atoms with van der Waals surface area (Å²) < 4.78 is 14.0. The predicted octanol–water partition coefficient (Wildman–Crippen LogP) is 3.97. The Kier molecular flexibility index (Phi) is 5.83. The first-order valence-electron chi connectivity index (χ1n) is 10.0. The highest BCUT2D eigenvalue weighted by Gasteiger charge is 2.16. The van der Waals surface area contributed by atoms with Crippen molar-refractivity contribution < 1.29 is 4.74 Å². The molecule has 0 saturated carbocycles. The smallest absolute Gasteiger partial charge is 0.335 e. The van der Waals surface area contributed by atoms with Crippen LogP contribution in [-0.2, 0) is 18.4 Å². The highest BCUT2D eigenvalue weighted by atomic mass is 32.1. The van der Waals surface area contributed by atoms with Crippen LogP contribution in [0.2, 0.25) is 0 Å². The van der Waals surface area contributed by atoms with Gasteiger partial charge in [-0.2, -0.15) is 4.37 Å². The number of fused-ring (bicyclic) bond motifs is 1. The summed E-state index contributed by atoms with van der Waals surface area (Å²) >= 11 is 1.39. The maximum atomic E-state index is 12.4. The number of nitrogens with zero attached hydrogens (tertiary/aromatic N) is 3. The monoisotopic (exact) mass is 423 g/mol. The molecule has 6 nitrogen and oxygen atoms in total. The first-order valence-corrected chi connectivity index (χ1v) is 10.8. The number of aryl methyl sites for hydroxylation is 1. The normalized spacial score (nSPS) is 16.6. The van der Waals surface area contributed by atoms with Gasteiger partial charge >= 0.3 is 5.69 Å². The molecule has 1 unspecified atom stereocenters. The number of ether oxygens (including phenoxy) is 1. The zero-order valence-corrected chi connectivity index (χ0v) is 18.1. The number of rotatable bonds is 6. The largest absolute Gasteiger partial charge is 0.371 e. The Hall–Kier alpha value is -2.77. The van der Waals surface area contributed by atoms with Gasteiger partial charge in [-0.15, -0.1) is 0 Å². The molecule has 2 heterocycles. The van der Waals surface area contributed by atoms with Gasteiger partial charge in [0, 0.05) is 24.7 Å². The van der Waals surface area contributed by atoms with Crippen molar-refractivity contribution in [3.8, 4) is 5.69 Å². The van der Waals surface area contributed by atoms with Gasteiger partial charge in [-0.25, -0.2) is 9.36 Å². The molecular weight excluding hydrogens is 398 g/mol. The minimum atomic E-state index is -0.375. The summed E-state index contributed by atoms with van der Waals surface area (Å²) in [6.45, 7) is 7.15. The van der Waals surface area contributed by atoms with Crippen molar-refractivity contribution in [2.24, 2.45) is 13.0 Å². The zero-order valence-electron chi connectivity index (χ0n) is 17.3. The Bertz CT molecular complexity index is 1250. The molecule has 4 rings (SSSR count). The van der Waals surface area contributed by atoms with Crippen molar-refractivity contribution in [2.45, 2.75) is 32.8 Å². The molecule has 3 aromatic rings. The van der Waals surface area contributed by atoms with Crippen LogP contribution >= 0.6 is 11.5 Å². The van der Waals surface area contributed by atoms with Crippen LogP contribution in [0.3, 0.4) is 0 Å². The van der Waals surface area contributed by atoms with Crippen molar-refractivity contribution >= 4 is 21.6 Å². The molecular formula is C23H25N3O3S. The molecule has 0 saturated heterocycles. The summed E-state index contributed by atoms with van der Waals surface area (Å²) in [6, 6.07) is 6.90. The summed E-state index contributed by atoms with van der Waals surface area (Å²) in [5.41, 5.74) is 3.22. The van der Waals surface area contributed by atoms with Crippen molar-refractivity contribution in [3.05, 3.63) is 80.8 Å². The van der Waals surface area contributed by atoms with E-state index in [1.807, 2.05) is 12.1 Å². The lowest BCUT2D eigenvalue weighted by atomic mass is 9.86. The Morgan fingerprint density at radius 3 is 2.87 bits per heavy atom. The zero-order chi connectivity index (χ0) is 21.3. The SMILES string of the molecule is C=C(C)C1CC=C(COCc2nsc3ccc(-n4c(=O)ccn(C)c4=O)cc23)CC1. The second-order valence-corrected chi connectivity index (χ2v) is 8.67. The molecule has 0 bridgehead atoms. The summed E-state index contributed by atoms with van der Waals surface area (Å²) in [5.74, 6) is 0.587. The molecule has 1 aromatic carbocycles. The molecule has 1 aliphatic rings. The van der Waals surface area contributed by atoms with Gasteiger partial charge in [0.2, 0.25) is 0 Å². The lowest BCUT2D eigenvalue weighted by molar-refractivity contribution is 0.137. The number of hydrogen-bond acceptors (Lipinski definition) is 5. The van der Waals surface area contributed by atoms with Gasteiger partial charge in [0.25, 0.3) is 5.56 Å². The minimum absolute atomic E-state index is 0.351. The van der Waals surface area contributed by atoms with Crippen LogP contribution in [-0.4, -0.2) is 20.1 Å². The molecule has 1 atom stereocenters. The van der Waals surface area contributed by atoms with E-state index in [-0.39, 0.29) is 11.2 Å². The second-order valence-electron chi connectivity index (χ2n) is 7.87. The van der Waals surface area contributed by atoms with E-state index in [0.717, 1.165) is 35.0 Å². The highest BCUT2D eigenvalue weighted by Crippen LogP contribution is 2.29. The summed E-state index contributed by atoms with van der Waals surface area (Å²) in [5, 5.41) is 0.912. The van der Waals surface area contributed by atoms with E-state index in [1.54, 1.807) is 13.1 Å². The van der Waals surface area contributed by atoms with Gasteiger partial charge in [0.1, 0.15) is 0 Å². The van der Waals surface area contributed by atoms with Crippen LogP contribution < -0.4 is 11.2 Å². The molecule has 7 heteroatoms. The van der Waals surface area contributed by atoms with Crippen LogP contribution in [0.25, 0.3) is 15.8 Å². The first-order chi connectivity index (χ1) is 14.4. The van der Waals surface area contributed by atoms with E-state index in [0.29, 0.717) is 24.8 Å². The number of benzene rings is 1. The van der Waals surface area contributed by atoms with Gasteiger partial charge in [-0.1, -0.05) is 18.2 Å². The quantitative estimate of drug-likeness (QED) is 0.563. The van der Waals surface area contributed by atoms with Crippen molar-refractivity contribution in [2.75, 3.05) is 6.61 Å². The van der Waals surface area contributed by atoms with Crippen molar-refractivity contribution in [3.63, 3.8) is 0 Å². The van der Waals surface area contributed by atoms with Crippen LogP contribution in [0.15, 0.2) is 63.9 Å². The molecule has 30 heavy (non-hydrogen) atoms. The van der Waals surface area contributed by atoms with Gasteiger partial charge in [0.05, 0.1) is 29.3 Å². The van der Waals surface area contributed by atoms with E-state index in [1.165, 1.54) is 44.1 Å². The number of aromatic nitrogens is 3. The van der Waals surface area contributed by atoms with Gasteiger partial charge in [-0.05, 0) is 67.4 Å². The molecule has 0 spiro atoms. The molecule has 0 N–H and O–H groups in total. The number of allylic oxidation sites excluding steroid dienone is 2. The number of hydrogen-bond donors (Lipinski definition) is 0. The molecule has 0 fully saturated rings. The summed E-state index contributed by atoms with van der Waals surface area (Å²) in [6.07, 6.45) is 6.97. The maximum Gasteiger partial charge on any atom is 0.335 e. The lowest BCUT2D eigenvalue weighted by Gasteiger charge is -2.22. The molecule has 2 aromatic heterocycles. The van der Waals surface area contributed by atoms with Crippen LogP contribution in [0.1, 0.15) is 31.9 Å². The fourth-order valence-electron chi connectivity index (χ4n) is 3.77. The molecule has 156 valence electrons. The third-order valence-electron chi connectivity index (χ3n) is 5.67. The Morgan fingerprint density at radius 1 is 1.30 bits per heavy atom. The van der Waals surface area contributed by atoms with Gasteiger partial charge < -0.3 is 9.30 Å². The standard InChI is InChI=1S/C23H25N3O3S/c1-15(2)17-6-4-16(5-7-17)13-29-14-20-19-12-18(8-9-21(19)30-24-20)26-22(27)10-11-25(3)23(26)28/h4,8-12,17H,1,5-7,13-14H2,2-3H3. The molecule has 0 radical (unpaired) electrons. The van der Waals surface area contributed by atoms with Crippen LogP contribution in [0.4, 0.5) is 0 Å². The fraction of sp³-hybridized carbons (Fsp3) is 0.348. The van der Waals surface area contributed by atoms with E-state index < -0.39 is 0 Å². The first kappa shape index (κ1) is 20.5. The fourth-order valence-corrected chi connectivity index (χ4v) is 4.53. The Balaban J connectivity index is 1.52. The van der Waals surface area contributed by atoms with Gasteiger partial charge in [0.15, 0.2) is 0 Å². The van der Waals surface area contributed by atoms with Crippen molar-refractivity contribution in [1.82, 2.24) is 13.5 Å². The van der Waals surface area contributed by atoms with Crippen molar-refractivity contribution in [1.29, 1.82) is 0 Å². The summed E-state index contributed by atoms with van der Waals surface area (Å²) in [7, 11) is 1.63. The average molecular weight is 424 g/mol. The Labute approximate surface area is 178 Å². The van der Waals surface area contributed by atoms with E-state index in [2.05, 4.69) is 24.0 Å². The Morgan fingerprint density at radius 2 is 2.13 bits per heavy atom. The van der Waals surface area contributed by atoms with Crippen LogP contribution in [0, 0.1) is 5.92 Å². The molecule has 0 aliphatic heterocycles.